The van der Waals surface area contributed by atoms with E-state index in [0.29, 0.717) is 17.1 Å². The van der Waals surface area contributed by atoms with E-state index in [1.54, 1.807) is 6.20 Å². The van der Waals surface area contributed by atoms with Gasteiger partial charge in [0.15, 0.2) is 0 Å². The third kappa shape index (κ3) is 5.45. The second-order valence-corrected chi connectivity index (χ2v) is 9.50. The minimum atomic E-state index is -0.0898. The Bertz CT molecular complexity index is 1370. The lowest BCUT2D eigenvalue weighted by atomic mass is 10.1. The van der Waals surface area contributed by atoms with Crippen LogP contribution in [-0.4, -0.2) is 55.1 Å². The third-order valence-corrected chi connectivity index (χ3v) is 6.92. The lowest BCUT2D eigenvalue weighted by Crippen LogP contribution is -2.48. The maximum absolute atomic E-state index is 13.1. The van der Waals surface area contributed by atoms with Crippen molar-refractivity contribution in [2.24, 2.45) is 0 Å². The Morgan fingerprint density at radius 2 is 1.72 bits per heavy atom. The largest absolute Gasteiger partial charge is 0.369 e. The minimum Gasteiger partial charge on any atom is -0.369 e. The van der Waals surface area contributed by atoms with E-state index < -0.39 is 0 Å². The van der Waals surface area contributed by atoms with Crippen LogP contribution in [-0.2, 0) is 0 Å². The summed E-state index contributed by atoms with van der Waals surface area (Å²) < 4.78 is 0. The molecule has 6 nitrogen and oxygen atoms in total. The zero-order valence-electron chi connectivity index (χ0n) is 20.4. The van der Waals surface area contributed by atoms with Crippen molar-refractivity contribution in [3.8, 4) is 0 Å². The van der Waals surface area contributed by atoms with Crippen LogP contribution in [0.3, 0.4) is 0 Å². The molecule has 36 heavy (non-hydrogen) atoms. The molecule has 1 amide bonds. The molecular formula is C29H30ClN5O. The number of pyridine rings is 1. The molecule has 0 atom stereocenters. The molecule has 2 N–H and O–H groups in total. The van der Waals surface area contributed by atoms with Crippen molar-refractivity contribution in [2.75, 3.05) is 49.5 Å². The topological polar surface area (TPSA) is 60.5 Å². The molecule has 0 spiro atoms. The number of rotatable bonds is 7. The number of hydrogen-bond donors (Lipinski definition) is 2. The second-order valence-electron chi connectivity index (χ2n) is 9.06. The van der Waals surface area contributed by atoms with Crippen LogP contribution in [0.5, 0.6) is 0 Å². The van der Waals surface area contributed by atoms with Crippen molar-refractivity contribution in [2.45, 2.75) is 6.92 Å². The first-order valence-corrected chi connectivity index (χ1v) is 12.7. The molecule has 1 aliphatic heterocycles. The average molecular weight is 500 g/mol. The lowest BCUT2D eigenvalue weighted by Gasteiger charge is -2.36. The number of amides is 1. The molecule has 0 saturated carbocycles. The molecule has 5 rings (SSSR count). The smallest absolute Gasteiger partial charge is 0.253 e. The van der Waals surface area contributed by atoms with Crippen molar-refractivity contribution >= 4 is 45.5 Å². The zero-order valence-corrected chi connectivity index (χ0v) is 21.1. The van der Waals surface area contributed by atoms with Gasteiger partial charge in [0.25, 0.3) is 5.91 Å². The first-order valence-electron chi connectivity index (χ1n) is 12.3. The van der Waals surface area contributed by atoms with Gasteiger partial charge in [-0.05, 0) is 55.0 Å². The Kier molecular flexibility index (Phi) is 7.35. The number of carbonyl (C=O) groups is 1. The highest BCUT2D eigenvalue weighted by Gasteiger charge is 2.18. The van der Waals surface area contributed by atoms with E-state index in [9.17, 15) is 4.79 Å². The normalized spacial score (nSPS) is 14.1. The fourth-order valence-electron chi connectivity index (χ4n) is 4.72. The van der Waals surface area contributed by atoms with Gasteiger partial charge in [0.1, 0.15) is 0 Å². The molecule has 0 aliphatic carbocycles. The van der Waals surface area contributed by atoms with Crippen LogP contribution in [0, 0.1) is 6.92 Å². The molecule has 0 bridgehead atoms. The van der Waals surface area contributed by atoms with E-state index in [1.807, 2.05) is 48.5 Å². The van der Waals surface area contributed by atoms with E-state index in [4.69, 9.17) is 11.6 Å². The Morgan fingerprint density at radius 3 is 2.56 bits per heavy atom. The van der Waals surface area contributed by atoms with Crippen molar-refractivity contribution in [3.05, 3.63) is 95.1 Å². The van der Waals surface area contributed by atoms with E-state index in [1.165, 1.54) is 11.3 Å². The summed E-state index contributed by atoms with van der Waals surface area (Å²) in [6.07, 6.45) is 1.75. The maximum Gasteiger partial charge on any atom is 0.253 e. The van der Waals surface area contributed by atoms with E-state index in [2.05, 4.69) is 56.6 Å². The van der Waals surface area contributed by atoms with Crippen molar-refractivity contribution < 1.29 is 4.79 Å². The standard InChI is InChI=1S/C29H30ClN5O/c1-21-6-2-5-9-28(21)35-18-16-34(17-19-35)15-14-32-29(36)23-7-3-4-8-26(23)33-27-12-13-31-25-11-10-22(30)20-24(25)27/h2-13,20H,14-19H2,1H3,(H,31,33)(H,32,36). The number of piperazine rings is 1. The fraction of sp³-hybridized carbons (Fsp3) is 0.241. The number of halogens is 1. The molecule has 1 aromatic heterocycles. The van der Waals surface area contributed by atoms with E-state index in [0.717, 1.165) is 55.0 Å². The number of benzene rings is 3. The molecule has 0 unspecified atom stereocenters. The highest BCUT2D eigenvalue weighted by atomic mass is 35.5. The van der Waals surface area contributed by atoms with Gasteiger partial charge in [-0.15, -0.1) is 0 Å². The third-order valence-electron chi connectivity index (χ3n) is 6.69. The number of para-hydroxylation sites is 2. The van der Waals surface area contributed by atoms with Gasteiger partial charge in [-0.3, -0.25) is 14.7 Å². The Labute approximate surface area is 216 Å². The predicted octanol–water partition coefficient (Wildman–Crippen LogP) is 5.49. The first-order chi connectivity index (χ1) is 17.6. The number of carbonyl (C=O) groups excluding carboxylic acids is 1. The van der Waals surface area contributed by atoms with Crippen molar-refractivity contribution in [1.29, 1.82) is 0 Å². The number of aromatic nitrogens is 1. The monoisotopic (exact) mass is 499 g/mol. The van der Waals surface area contributed by atoms with Gasteiger partial charge in [-0.25, -0.2) is 0 Å². The first kappa shape index (κ1) is 24.1. The van der Waals surface area contributed by atoms with Gasteiger partial charge in [-0.1, -0.05) is 41.9 Å². The molecule has 2 heterocycles. The highest BCUT2D eigenvalue weighted by Crippen LogP contribution is 2.29. The molecule has 4 aromatic rings. The molecule has 7 heteroatoms. The van der Waals surface area contributed by atoms with Crippen molar-refractivity contribution in [3.63, 3.8) is 0 Å². The summed E-state index contributed by atoms with van der Waals surface area (Å²) in [5.74, 6) is -0.0898. The summed E-state index contributed by atoms with van der Waals surface area (Å²) in [5.41, 5.74) is 5.68. The molecule has 3 aromatic carbocycles. The molecule has 0 radical (unpaired) electrons. The van der Waals surface area contributed by atoms with Crippen LogP contribution in [0.15, 0.2) is 79.0 Å². The Hall–Kier alpha value is -3.61. The predicted molar refractivity (Wildman–Crippen MR) is 149 cm³/mol. The SMILES string of the molecule is Cc1ccccc1N1CCN(CCNC(=O)c2ccccc2Nc2ccnc3ccc(Cl)cc23)CC1. The van der Waals surface area contributed by atoms with Crippen LogP contribution >= 0.6 is 11.6 Å². The number of aryl methyl sites for hydroxylation is 1. The zero-order chi connectivity index (χ0) is 24.9. The van der Waals surface area contributed by atoms with Crippen molar-refractivity contribution in [1.82, 2.24) is 15.2 Å². The van der Waals surface area contributed by atoms with Gasteiger partial charge in [0.05, 0.1) is 16.8 Å². The van der Waals surface area contributed by atoms with E-state index in [-0.39, 0.29) is 5.91 Å². The Balaban J connectivity index is 1.18. The summed E-state index contributed by atoms with van der Waals surface area (Å²) in [4.78, 5) is 22.3. The van der Waals surface area contributed by atoms with Crippen LogP contribution in [0.4, 0.5) is 17.1 Å². The summed E-state index contributed by atoms with van der Waals surface area (Å²) in [7, 11) is 0. The van der Waals surface area contributed by atoms with Crippen LogP contribution < -0.4 is 15.5 Å². The summed E-state index contributed by atoms with van der Waals surface area (Å²) in [6.45, 7) is 7.56. The number of anilines is 3. The van der Waals surface area contributed by atoms with Gasteiger partial charge in [0.2, 0.25) is 0 Å². The van der Waals surface area contributed by atoms with E-state index >= 15 is 0 Å². The van der Waals surface area contributed by atoms with Crippen LogP contribution in [0.25, 0.3) is 10.9 Å². The van der Waals surface area contributed by atoms with Gasteiger partial charge in [0, 0.05) is 67.2 Å². The number of fused-ring (bicyclic) bond motifs is 1. The van der Waals surface area contributed by atoms with Gasteiger partial charge >= 0.3 is 0 Å². The molecule has 1 saturated heterocycles. The molecule has 1 fully saturated rings. The quantitative estimate of drug-likeness (QED) is 0.352. The number of nitrogens with zero attached hydrogens (tertiary/aromatic N) is 3. The highest BCUT2D eigenvalue weighted by molar-refractivity contribution is 6.31. The number of hydrogen-bond acceptors (Lipinski definition) is 5. The average Bonchev–Trinajstić information content (AvgIpc) is 2.90. The summed E-state index contributed by atoms with van der Waals surface area (Å²) in [6, 6.07) is 23.6. The number of nitrogens with one attached hydrogen (secondary N) is 2. The lowest BCUT2D eigenvalue weighted by molar-refractivity contribution is 0.0948. The van der Waals surface area contributed by atoms with Crippen LogP contribution in [0.1, 0.15) is 15.9 Å². The van der Waals surface area contributed by atoms with Gasteiger partial charge in [-0.2, -0.15) is 0 Å². The fourth-order valence-corrected chi connectivity index (χ4v) is 4.89. The van der Waals surface area contributed by atoms with Crippen LogP contribution in [0.2, 0.25) is 5.02 Å². The summed E-state index contributed by atoms with van der Waals surface area (Å²) in [5, 5.41) is 8.07. The summed E-state index contributed by atoms with van der Waals surface area (Å²) >= 11 is 6.22. The Morgan fingerprint density at radius 1 is 0.944 bits per heavy atom. The minimum absolute atomic E-state index is 0.0898. The molecule has 1 aliphatic rings. The van der Waals surface area contributed by atoms with Gasteiger partial charge < -0.3 is 15.5 Å². The molecular weight excluding hydrogens is 470 g/mol. The molecule has 184 valence electrons. The maximum atomic E-state index is 13.1. The second kappa shape index (κ2) is 11.0.